The molecule has 3 rings (SSSR count). The van der Waals surface area contributed by atoms with Crippen LogP contribution < -0.4 is 15.0 Å². The Bertz CT molecular complexity index is 894. The number of rotatable bonds is 7. The number of nitrogens with one attached hydrogen (secondary N) is 1. The van der Waals surface area contributed by atoms with Gasteiger partial charge in [-0.2, -0.15) is 0 Å². The highest BCUT2D eigenvalue weighted by atomic mass is 16.5. The molecular formula is C22H24N2O5. The monoisotopic (exact) mass is 396 g/mol. The van der Waals surface area contributed by atoms with Crippen LogP contribution in [0.25, 0.3) is 0 Å². The maximum absolute atomic E-state index is 12.4. The molecule has 1 fully saturated rings. The first kappa shape index (κ1) is 20.4. The summed E-state index contributed by atoms with van der Waals surface area (Å²) in [5, 5.41) is 2.75. The van der Waals surface area contributed by atoms with E-state index in [-0.39, 0.29) is 11.8 Å². The Morgan fingerprint density at radius 2 is 1.93 bits per heavy atom. The Morgan fingerprint density at radius 1 is 1.17 bits per heavy atom. The van der Waals surface area contributed by atoms with Crippen molar-refractivity contribution in [3.05, 3.63) is 59.7 Å². The van der Waals surface area contributed by atoms with Crippen molar-refractivity contribution in [1.82, 2.24) is 5.32 Å². The molecule has 2 aromatic rings. The van der Waals surface area contributed by atoms with E-state index in [1.54, 1.807) is 36.3 Å². The first-order valence-corrected chi connectivity index (χ1v) is 9.50. The summed E-state index contributed by atoms with van der Waals surface area (Å²) in [6, 6.07) is 14.0. The number of hydrogen-bond donors (Lipinski definition) is 1. The minimum Gasteiger partial charge on any atom is -0.497 e. The third-order valence-corrected chi connectivity index (χ3v) is 4.75. The molecule has 29 heavy (non-hydrogen) atoms. The van der Waals surface area contributed by atoms with E-state index in [1.807, 2.05) is 24.3 Å². The molecule has 2 aromatic carbocycles. The summed E-state index contributed by atoms with van der Waals surface area (Å²) in [6.07, 6.45) is 0.372. The maximum Gasteiger partial charge on any atom is 0.338 e. The molecule has 0 bridgehead atoms. The smallest absolute Gasteiger partial charge is 0.338 e. The minimum absolute atomic E-state index is 0.0433. The molecule has 7 heteroatoms. The van der Waals surface area contributed by atoms with Crippen molar-refractivity contribution < 1.29 is 23.9 Å². The second-order valence-electron chi connectivity index (χ2n) is 6.81. The Hall–Kier alpha value is -3.35. The molecule has 0 radical (unpaired) electrons. The number of carbonyl (C=O) groups excluding carboxylic acids is 3. The van der Waals surface area contributed by atoms with Crippen molar-refractivity contribution in [1.29, 1.82) is 0 Å². The van der Waals surface area contributed by atoms with Gasteiger partial charge in [0.1, 0.15) is 5.75 Å². The van der Waals surface area contributed by atoms with Gasteiger partial charge in [0, 0.05) is 25.2 Å². The highest BCUT2D eigenvalue weighted by Crippen LogP contribution is 2.22. The number of nitrogens with zero attached hydrogens (tertiary/aromatic N) is 1. The zero-order valence-corrected chi connectivity index (χ0v) is 16.5. The molecular weight excluding hydrogens is 372 g/mol. The summed E-state index contributed by atoms with van der Waals surface area (Å²) < 4.78 is 10.4. The molecule has 0 unspecified atom stereocenters. The van der Waals surface area contributed by atoms with Gasteiger partial charge in [0.2, 0.25) is 5.91 Å². The average molecular weight is 396 g/mol. The van der Waals surface area contributed by atoms with Crippen LogP contribution in [0.4, 0.5) is 5.69 Å². The van der Waals surface area contributed by atoms with Crippen LogP contribution in [0.2, 0.25) is 0 Å². The Kier molecular flexibility index (Phi) is 6.49. The van der Waals surface area contributed by atoms with Gasteiger partial charge >= 0.3 is 5.97 Å². The van der Waals surface area contributed by atoms with E-state index < -0.39 is 12.1 Å². The molecule has 1 aliphatic heterocycles. The molecule has 152 valence electrons. The van der Waals surface area contributed by atoms with Crippen molar-refractivity contribution >= 4 is 23.5 Å². The summed E-state index contributed by atoms with van der Waals surface area (Å²) >= 11 is 0. The molecule has 0 aromatic heterocycles. The zero-order chi connectivity index (χ0) is 20.8. The predicted octanol–water partition coefficient (Wildman–Crippen LogP) is 2.68. The summed E-state index contributed by atoms with van der Waals surface area (Å²) in [5.41, 5.74) is 1.87. The predicted molar refractivity (Wildman–Crippen MR) is 108 cm³/mol. The molecule has 0 aliphatic carbocycles. The molecule has 1 aliphatic rings. The lowest BCUT2D eigenvalue weighted by Crippen LogP contribution is -2.35. The van der Waals surface area contributed by atoms with Gasteiger partial charge in [-0.05, 0) is 49.2 Å². The topological polar surface area (TPSA) is 84.9 Å². The third-order valence-electron chi connectivity index (χ3n) is 4.75. The lowest BCUT2D eigenvalue weighted by Gasteiger charge is -2.17. The Morgan fingerprint density at radius 3 is 2.59 bits per heavy atom. The number of anilines is 1. The molecule has 1 N–H and O–H groups in total. The first-order chi connectivity index (χ1) is 14.0. The van der Waals surface area contributed by atoms with Gasteiger partial charge in [-0.15, -0.1) is 0 Å². The number of amides is 2. The lowest BCUT2D eigenvalue weighted by molar-refractivity contribution is -0.129. The number of benzene rings is 2. The fourth-order valence-corrected chi connectivity index (χ4v) is 3.08. The minimum atomic E-state index is -0.946. The summed E-state index contributed by atoms with van der Waals surface area (Å²) in [6.45, 7) is 2.48. The zero-order valence-electron chi connectivity index (χ0n) is 16.5. The van der Waals surface area contributed by atoms with Gasteiger partial charge in [0.25, 0.3) is 5.91 Å². The van der Waals surface area contributed by atoms with E-state index in [9.17, 15) is 14.4 Å². The van der Waals surface area contributed by atoms with Crippen LogP contribution in [0, 0.1) is 0 Å². The van der Waals surface area contributed by atoms with E-state index in [0.717, 1.165) is 17.7 Å². The highest BCUT2D eigenvalue weighted by Gasteiger charge is 2.23. The highest BCUT2D eigenvalue weighted by molar-refractivity contribution is 5.98. The first-order valence-electron chi connectivity index (χ1n) is 9.50. The van der Waals surface area contributed by atoms with Crippen LogP contribution in [0.5, 0.6) is 5.75 Å². The number of ether oxygens (including phenoxy) is 2. The summed E-state index contributed by atoms with van der Waals surface area (Å²) in [5.74, 6) is -0.215. The lowest BCUT2D eigenvalue weighted by atomic mass is 10.2. The second-order valence-corrected chi connectivity index (χ2v) is 6.81. The van der Waals surface area contributed by atoms with Gasteiger partial charge in [-0.1, -0.05) is 18.2 Å². The average Bonchev–Trinajstić information content (AvgIpc) is 3.18. The van der Waals surface area contributed by atoms with Crippen LogP contribution in [-0.2, 0) is 20.9 Å². The molecule has 1 atom stereocenters. The van der Waals surface area contributed by atoms with Gasteiger partial charge in [-0.3, -0.25) is 9.59 Å². The molecule has 1 saturated heterocycles. The SMILES string of the molecule is COc1ccc(CNC(=O)[C@@H](C)OC(=O)c2cccc(N3CCCC3=O)c2)cc1. The van der Waals surface area contributed by atoms with Gasteiger partial charge in [0.05, 0.1) is 12.7 Å². The van der Waals surface area contributed by atoms with E-state index in [0.29, 0.717) is 30.8 Å². The Labute approximate surface area is 169 Å². The van der Waals surface area contributed by atoms with Crippen molar-refractivity contribution in [2.75, 3.05) is 18.6 Å². The number of esters is 1. The summed E-state index contributed by atoms with van der Waals surface area (Å²) in [7, 11) is 1.59. The van der Waals surface area contributed by atoms with E-state index in [1.165, 1.54) is 6.92 Å². The number of hydrogen-bond acceptors (Lipinski definition) is 5. The van der Waals surface area contributed by atoms with Crippen LogP contribution >= 0.6 is 0 Å². The quantitative estimate of drug-likeness (QED) is 0.728. The molecule has 0 saturated carbocycles. The Balaban J connectivity index is 1.55. The standard InChI is InChI=1S/C22H24N2O5/c1-15(21(26)23-14-16-8-10-19(28-2)11-9-16)29-22(27)17-5-3-6-18(13-17)24-12-4-7-20(24)25/h3,5-6,8-11,13,15H,4,7,12,14H2,1-2H3,(H,23,26)/t15-/m1/s1. The molecule has 0 spiro atoms. The molecule has 2 amide bonds. The fourth-order valence-electron chi connectivity index (χ4n) is 3.08. The van der Waals surface area contributed by atoms with Gasteiger partial charge in [0.15, 0.2) is 6.10 Å². The van der Waals surface area contributed by atoms with Crippen molar-refractivity contribution in [2.24, 2.45) is 0 Å². The molecule has 1 heterocycles. The van der Waals surface area contributed by atoms with Gasteiger partial charge in [-0.25, -0.2) is 4.79 Å². The van der Waals surface area contributed by atoms with Crippen molar-refractivity contribution in [3.63, 3.8) is 0 Å². The van der Waals surface area contributed by atoms with E-state index in [2.05, 4.69) is 5.32 Å². The number of methoxy groups -OCH3 is 1. The van der Waals surface area contributed by atoms with E-state index >= 15 is 0 Å². The normalized spacial score (nSPS) is 14.4. The maximum atomic E-state index is 12.4. The molecule has 7 nitrogen and oxygen atoms in total. The second kappa shape index (κ2) is 9.23. The number of carbonyl (C=O) groups is 3. The largest absolute Gasteiger partial charge is 0.497 e. The fraction of sp³-hybridized carbons (Fsp3) is 0.318. The summed E-state index contributed by atoms with van der Waals surface area (Å²) in [4.78, 5) is 38.2. The van der Waals surface area contributed by atoms with Crippen molar-refractivity contribution in [3.8, 4) is 5.75 Å². The van der Waals surface area contributed by atoms with Gasteiger partial charge < -0.3 is 19.7 Å². The van der Waals surface area contributed by atoms with Crippen LogP contribution in [0.15, 0.2) is 48.5 Å². The third kappa shape index (κ3) is 5.13. The van der Waals surface area contributed by atoms with Crippen LogP contribution in [-0.4, -0.2) is 37.5 Å². The van der Waals surface area contributed by atoms with Crippen molar-refractivity contribution in [2.45, 2.75) is 32.4 Å². The van der Waals surface area contributed by atoms with Crippen LogP contribution in [0.3, 0.4) is 0 Å². The van der Waals surface area contributed by atoms with Crippen LogP contribution in [0.1, 0.15) is 35.7 Å². The van der Waals surface area contributed by atoms with E-state index in [4.69, 9.17) is 9.47 Å².